The number of rotatable bonds is 0. The zero-order valence-corrected chi connectivity index (χ0v) is 7.35. The largest absolute Gasteiger partial charge is 0.328 e. The molecule has 0 saturated heterocycles. The summed E-state index contributed by atoms with van der Waals surface area (Å²) in [5, 5.41) is 0. The van der Waals surface area contributed by atoms with Crippen LogP contribution in [0.4, 0.5) is 0 Å². The summed E-state index contributed by atoms with van der Waals surface area (Å²) < 4.78 is 0. The number of hydrogen-bond acceptors (Lipinski definition) is 1. The molecule has 1 fully saturated rings. The highest BCUT2D eigenvalue weighted by Gasteiger charge is 2.29. The molecule has 0 amide bonds. The molecule has 1 saturated carbocycles. The molecular weight excluding hydrogens is 122 g/mol. The summed E-state index contributed by atoms with van der Waals surface area (Å²) in [7, 11) is 0. The molecule has 0 bridgehead atoms. The Balaban J connectivity index is 2.51. The molecule has 2 atom stereocenters. The van der Waals surface area contributed by atoms with Crippen LogP contribution in [-0.4, -0.2) is 6.04 Å². The van der Waals surface area contributed by atoms with Crippen molar-refractivity contribution in [2.75, 3.05) is 0 Å². The Morgan fingerprint density at radius 2 is 1.90 bits per heavy atom. The Morgan fingerprint density at radius 1 is 1.30 bits per heavy atom. The van der Waals surface area contributed by atoms with Crippen molar-refractivity contribution in [1.82, 2.24) is 0 Å². The highest BCUT2D eigenvalue weighted by molar-refractivity contribution is 4.84. The van der Waals surface area contributed by atoms with Crippen LogP contribution in [0, 0.1) is 11.3 Å². The first-order chi connectivity index (χ1) is 4.49. The van der Waals surface area contributed by atoms with Crippen molar-refractivity contribution in [1.29, 1.82) is 0 Å². The molecule has 60 valence electrons. The highest BCUT2D eigenvalue weighted by Crippen LogP contribution is 2.37. The van der Waals surface area contributed by atoms with Crippen LogP contribution in [0.25, 0.3) is 0 Å². The lowest BCUT2D eigenvalue weighted by Gasteiger charge is -2.37. The van der Waals surface area contributed by atoms with E-state index in [1.54, 1.807) is 0 Å². The minimum Gasteiger partial charge on any atom is -0.328 e. The van der Waals surface area contributed by atoms with Gasteiger partial charge in [-0.2, -0.15) is 0 Å². The van der Waals surface area contributed by atoms with Crippen LogP contribution in [-0.2, 0) is 0 Å². The monoisotopic (exact) mass is 141 g/mol. The van der Waals surface area contributed by atoms with Gasteiger partial charge in [-0.3, -0.25) is 0 Å². The summed E-state index contributed by atoms with van der Waals surface area (Å²) in [6, 6.07) is 0.457. The lowest BCUT2D eigenvalue weighted by Crippen LogP contribution is -2.36. The predicted octanol–water partition coefficient (Wildman–Crippen LogP) is 2.16. The molecule has 1 aliphatic carbocycles. The molecule has 0 radical (unpaired) electrons. The Kier molecular flexibility index (Phi) is 2.04. The maximum absolute atomic E-state index is 5.90. The third-order valence-corrected chi connectivity index (χ3v) is 2.42. The van der Waals surface area contributed by atoms with Crippen molar-refractivity contribution in [3.05, 3.63) is 0 Å². The van der Waals surface area contributed by atoms with Gasteiger partial charge in [0.1, 0.15) is 0 Å². The molecule has 0 spiro atoms. The van der Waals surface area contributed by atoms with E-state index in [9.17, 15) is 0 Å². The summed E-state index contributed by atoms with van der Waals surface area (Å²) in [4.78, 5) is 0. The first-order valence-electron chi connectivity index (χ1n) is 4.25. The van der Waals surface area contributed by atoms with Crippen LogP contribution in [0.1, 0.15) is 40.0 Å². The summed E-state index contributed by atoms with van der Waals surface area (Å²) >= 11 is 0. The molecule has 10 heavy (non-hydrogen) atoms. The molecule has 1 nitrogen and oxygen atoms in total. The van der Waals surface area contributed by atoms with E-state index >= 15 is 0 Å². The quantitative estimate of drug-likeness (QED) is 0.549. The summed E-state index contributed by atoms with van der Waals surface area (Å²) in [5.41, 5.74) is 6.40. The van der Waals surface area contributed by atoms with E-state index in [-0.39, 0.29) is 0 Å². The van der Waals surface area contributed by atoms with Gasteiger partial charge < -0.3 is 5.73 Å². The maximum Gasteiger partial charge on any atom is 0.00464 e. The molecule has 2 N–H and O–H groups in total. The second-order valence-corrected chi connectivity index (χ2v) is 4.67. The molecule has 1 heteroatoms. The summed E-state index contributed by atoms with van der Waals surface area (Å²) in [6.07, 6.45) is 3.78. The van der Waals surface area contributed by atoms with Gasteiger partial charge >= 0.3 is 0 Å². The second-order valence-electron chi connectivity index (χ2n) is 4.67. The van der Waals surface area contributed by atoms with Crippen molar-refractivity contribution in [2.45, 2.75) is 46.1 Å². The van der Waals surface area contributed by atoms with Crippen LogP contribution < -0.4 is 5.73 Å². The Labute approximate surface area is 64.0 Å². The average molecular weight is 141 g/mol. The molecule has 1 aliphatic rings. The lowest BCUT2D eigenvalue weighted by molar-refractivity contribution is 0.170. The van der Waals surface area contributed by atoms with Gasteiger partial charge in [0.2, 0.25) is 0 Å². The Bertz CT molecular complexity index is 106. The van der Waals surface area contributed by atoms with Gasteiger partial charge in [0.25, 0.3) is 0 Å². The fourth-order valence-electron chi connectivity index (χ4n) is 2.42. The predicted molar refractivity (Wildman–Crippen MR) is 44.8 cm³/mol. The Morgan fingerprint density at radius 3 is 2.30 bits per heavy atom. The van der Waals surface area contributed by atoms with Crippen LogP contribution >= 0.6 is 0 Å². The average Bonchev–Trinajstić information content (AvgIpc) is 1.54. The van der Waals surface area contributed by atoms with Gasteiger partial charge in [-0.25, -0.2) is 0 Å². The fraction of sp³-hybridized carbons (Fsp3) is 1.00. The van der Waals surface area contributed by atoms with Gasteiger partial charge in [0.05, 0.1) is 0 Å². The van der Waals surface area contributed by atoms with Crippen LogP contribution in [0.5, 0.6) is 0 Å². The van der Waals surface area contributed by atoms with E-state index in [0.29, 0.717) is 11.5 Å². The second kappa shape index (κ2) is 2.54. The smallest absolute Gasteiger partial charge is 0.00464 e. The van der Waals surface area contributed by atoms with Gasteiger partial charge in [0.15, 0.2) is 0 Å². The minimum absolute atomic E-state index is 0.457. The first kappa shape index (κ1) is 8.06. The first-order valence-corrected chi connectivity index (χ1v) is 4.25. The van der Waals surface area contributed by atoms with E-state index in [1.165, 1.54) is 19.3 Å². The van der Waals surface area contributed by atoms with Crippen LogP contribution in [0.3, 0.4) is 0 Å². The zero-order chi connectivity index (χ0) is 7.78. The molecule has 0 aromatic carbocycles. The molecule has 1 rings (SSSR count). The SMILES string of the molecule is C[C@H]1C[C@@H](N)CC(C)(C)C1. The zero-order valence-electron chi connectivity index (χ0n) is 7.35. The highest BCUT2D eigenvalue weighted by atomic mass is 14.7. The molecular formula is C9H19N. The van der Waals surface area contributed by atoms with Crippen molar-refractivity contribution in [2.24, 2.45) is 17.1 Å². The van der Waals surface area contributed by atoms with Crippen LogP contribution in [0.2, 0.25) is 0 Å². The Hall–Kier alpha value is -0.0400. The topological polar surface area (TPSA) is 26.0 Å². The number of hydrogen-bond donors (Lipinski definition) is 1. The van der Waals surface area contributed by atoms with E-state index in [4.69, 9.17) is 5.73 Å². The molecule has 0 unspecified atom stereocenters. The van der Waals surface area contributed by atoms with Gasteiger partial charge in [-0.05, 0) is 30.6 Å². The fourth-order valence-corrected chi connectivity index (χ4v) is 2.42. The van der Waals surface area contributed by atoms with Crippen molar-refractivity contribution >= 4 is 0 Å². The van der Waals surface area contributed by atoms with Gasteiger partial charge in [-0.1, -0.05) is 20.8 Å². The lowest BCUT2D eigenvalue weighted by atomic mass is 9.71. The third-order valence-electron chi connectivity index (χ3n) is 2.42. The maximum atomic E-state index is 5.90. The van der Waals surface area contributed by atoms with Crippen molar-refractivity contribution in [3.63, 3.8) is 0 Å². The summed E-state index contributed by atoms with van der Waals surface area (Å²) in [5.74, 6) is 0.832. The van der Waals surface area contributed by atoms with E-state index in [1.807, 2.05) is 0 Å². The van der Waals surface area contributed by atoms with Crippen molar-refractivity contribution in [3.8, 4) is 0 Å². The van der Waals surface area contributed by atoms with Crippen molar-refractivity contribution < 1.29 is 0 Å². The molecule has 0 aromatic rings. The number of nitrogens with two attached hydrogens (primary N) is 1. The van der Waals surface area contributed by atoms with E-state index < -0.39 is 0 Å². The molecule has 0 aliphatic heterocycles. The van der Waals surface area contributed by atoms with Crippen LogP contribution in [0.15, 0.2) is 0 Å². The van der Waals surface area contributed by atoms with Gasteiger partial charge in [0, 0.05) is 6.04 Å². The minimum atomic E-state index is 0.457. The van der Waals surface area contributed by atoms with Gasteiger partial charge in [-0.15, -0.1) is 0 Å². The van der Waals surface area contributed by atoms with E-state index in [2.05, 4.69) is 20.8 Å². The summed E-state index contributed by atoms with van der Waals surface area (Å²) in [6.45, 7) is 6.95. The van der Waals surface area contributed by atoms with E-state index in [0.717, 1.165) is 5.92 Å². The molecule has 0 heterocycles. The molecule has 0 aromatic heterocycles. The normalized spacial score (nSPS) is 39.6. The third kappa shape index (κ3) is 1.98. The standard InChI is InChI=1S/C9H19N/c1-7-4-8(10)6-9(2,3)5-7/h7-8H,4-6,10H2,1-3H3/t7-,8+/m0/s1.